The molecule has 0 aliphatic heterocycles. The van der Waals surface area contributed by atoms with Crippen molar-refractivity contribution in [1.82, 2.24) is 9.66 Å². The van der Waals surface area contributed by atoms with Crippen molar-refractivity contribution in [2.75, 3.05) is 0 Å². The fraction of sp³-hybridized carbons (Fsp3) is 0.0333. The van der Waals surface area contributed by atoms with Gasteiger partial charge >= 0.3 is 5.69 Å². The van der Waals surface area contributed by atoms with E-state index in [0.717, 1.165) is 10.1 Å². The molecule has 4 aromatic carbocycles. The van der Waals surface area contributed by atoms with Crippen molar-refractivity contribution in [2.24, 2.45) is 5.10 Å². The van der Waals surface area contributed by atoms with E-state index in [0.29, 0.717) is 33.4 Å². The summed E-state index contributed by atoms with van der Waals surface area (Å²) >= 11 is 0. The third-order valence-electron chi connectivity index (χ3n) is 6.42. The number of nitro benzene ring substituents is 2. The highest BCUT2D eigenvalue weighted by Gasteiger charge is 2.18. The maximum absolute atomic E-state index is 13.5. The van der Waals surface area contributed by atoms with Crippen molar-refractivity contribution in [3.05, 3.63) is 139 Å². The molecule has 0 saturated heterocycles. The fourth-order valence-electron chi connectivity index (χ4n) is 4.41. The Labute approximate surface area is 236 Å². The lowest BCUT2D eigenvalue weighted by Gasteiger charge is -2.08. The molecule has 6 rings (SSSR count). The predicted octanol–water partition coefficient (Wildman–Crippen LogP) is 6.09. The summed E-state index contributed by atoms with van der Waals surface area (Å²) in [6.45, 7) is -0.116. The van der Waals surface area contributed by atoms with Gasteiger partial charge in [0.25, 0.3) is 11.2 Å². The van der Waals surface area contributed by atoms with Gasteiger partial charge < -0.3 is 9.15 Å². The first-order valence-corrected chi connectivity index (χ1v) is 12.6. The van der Waals surface area contributed by atoms with E-state index in [-0.39, 0.29) is 29.6 Å². The summed E-state index contributed by atoms with van der Waals surface area (Å²) in [6, 6.07) is 26.0. The minimum Gasteiger partial charge on any atom is -0.482 e. The maximum atomic E-state index is 13.5. The van der Waals surface area contributed by atoms with E-state index in [9.17, 15) is 25.0 Å². The Hall–Kier alpha value is -6.17. The second-order valence-electron chi connectivity index (χ2n) is 9.16. The molecule has 0 amide bonds. The van der Waals surface area contributed by atoms with Crippen LogP contribution >= 0.6 is 0 Å². The van der Waals surface area contributed by atoms with Crippen molar-refractivity contribution in [2.45, 2.75) is 6.61 Å². The van der Waals surface area contributed by atoms with Gasteiger partial charge in [-0.15, -0.1) is 0 Å². The third kappa shape index (κ3) is 5.07. The standard InChI is InChI=1S/C30H19N5O7/c36-30-23-9-2-3-10-24(23)32-29(28-16-21-7-1-4-11-26(21)42-28)33(30)31-17-19-12-13-27(25(15-19)35(39)40)41-18-20-6-5-8-22(14-20)34(37)38/h1-17H,18H2. The first-order valence-electron chi connectivity index (χ1n) is 12.6. The molecule has 12 heteroatoms. The van der Waals surface area contributed by atoms with E-state index in [4.69, 9.17) is 9.15 Å². The average Bonchev–Trinajstić information content (AvgIpc) is 3.44. The Balaban J connectivity index is 1.36. The smallest absolute Gasteiger partial charge is 0.311 e. The summed E-state index contributed by atoms with van der Waals surface area (Å²) < 4.78 is 12.7. The molecule has 0 unspecified atom stereocenters. The second-order valence-corrected chi connectivity index (χ2v) is 9.16. The highest BCUT2D eigenvalue weighted by molar-refractivity contribution is 5.85. The molecule has 0 aliphatic rings. The van der Waals surface area contributed by atoms with Gasteiger partial charge in [-0.3, -0.25) is 25.0 Å². The fourth-order valence-corrected chi connectivity index (χ4v) is 4.41. The van der Waals surface area contributed by atoms with Gasteiger partial charge in [0.05, 0.1) is 27.0 Å². The van der Waals surface area contributed by atoms with Gasteiger partial charge in [-0.05, 0) is 42.0 Å². The van der Waals surface area contributed by atoms with Gasteiger partial charge in [0.2, 0.25) is 5.82 Å². The topological polar surface area (TPSA) is 156 Å². The number of nitro groups is 2. The Morgan fingerprint density at radius 1 is 0.905 bits per heavy atom. The van der Waals surface area contributed by atoms with Gasteiger partial charge in [0, 0.05) is 29.1 Å². The molecule has 6 aromatic rings. The maximum Gasteiger partial charge on any atom is 0.311 e. The van der Waals surface area contributed by atoms with Crippen LogP contribution in [0, 0.1) is 20.2 Å². The molecule has 0 N–H and O–H groups in total. The van der Waals surface area contributed by atoms with Gasteiger partial charge in [0.15, 0.2) is 11.5 Å². The van der Waals surface area contributed by atoms with Crippen LogP contribution in [0.1, 0.15) is 11.1 Å². The lowest BCUT2D eigenvalue weighted by Crippen LogP contribution is -2.20. The van der Waals surface area contributed by atoms with Crippen molar-refractivity contribution in [1.29, 1.82) is 0 Å². The zero-order valence-corrected chi connectivity index (χ0v) is 21.6. The summed E-state index contributed by atoms with van der Waals surface area (Å²) in [7, 11) is 0. The quantitative estimate of drug-likeness (QED) is 0.123. The van der Waals surface area contributed by atoms with E-state index in [1.54, 1.807) is 48.5 Å². The number of nitrogens with zero attached hydrogens (tertiary/aromatic N) is 5. The molecule has 0 bridgehead atoms. The van der Waals surface area contributed by atoms with E-state index in [2.05, 4.69) is 10.1 Å². The zero-order chi connectivity index (χ0) is 29.2. The molecule has 0 spiro atoms. The Morgan fingerprint density at radius 3 is 2.52 bits per heavy atom. The van der Waals surface area contributed by atoms with E-state index >= 15 is 0 Å². The number of ether oxygens (including phenoxy) is 1. The summed E-state index contributed by atoms with van der Waals surface area (Å²) in [5.74, 6) is 0.459. The third-order valence-corrected chi connectivity index (χ3v) is 6.42. The molecule has 2 heterocycles. The molecule has 0 saturated carbocycles. The first-order chi connectivity index (χ1) is 20.4. The lowest BCUT2D eigenvalue weighted by molar-refractivity contribution is -0.386. The van der Waals surface area contributed by atoms with Crippen molar-refractivity contribution in [3.63, 3.8) is 0 Å². The zero-order valence-electron chi connectivity index (χ0n) is 21.6. The van der Waals surface area contributed by atoms with Crippen LogP contribution in [0.3, 0.4) is 0 Å². The monoisotopic (exact) mass is 561 g/mol. The van der Waals surface area contributed by atoms with Crippen LogP contribution in [0.2, 0.25) is 0 Å². The number of benzene rings is 4. The predicted molar refractivity (Wildman–Crippen MR) is 155 cm³/mol. The number of fused-ring (bicyclic) bond motifs is 2. The van der Waals surface area contributed by atoms with E-state index in [1.165, 1.54) is 36.5 Å². The summed E-state index contributed by atoms with van der Waals surface area (Å²) in [6.07, 6.45) is 1.31. The van der Waals surface area contributed by atoms with Crippen LogP contribution in [0.5, 0.6) is 5.75 Å². The molecule has 0 fully saturated rings. The Morgan fingerprint density at radius 2 is 1.71 bits per heavy atom. The number of hydrogen-bond donors (Lipinski definition) is 0. The molecule has 2 aromatic heterocycles. The highest BCUT2D eigenvalue weighted by atomic mass is 16.6. The number of aromatic nitrogens is 2. The molecule has 0 atom stereocenters. The summed E-state index contributed by atoms with van der Waals surface area (Å²) in [5.41, 5.74) is 0.972. The first kappa shape index (κ1) is 26.1. The van der Waals surface area contributed by atoms with Crippen LogP contribution in [-0.4, -0.2) is 25.7 Å². The van der Waals surface area contributed by atoms with E-state index in [1.807, 2.05) is 18.2 Å². The van der Waals surface area contributed by atoms with E-state index < -0.39 is 15.4 Å². The van der Waals surface area contributed by atoms with Crippen LogP contribution in [-0.2, 0) is 6.61 Å². The SMILES string of the molecule is O=c1c2ccccc2nc(-c2cc3ccccc3o2)n1N=Cc1ccc(OCc2cccc([N+](=O)[O-])c2)c([N+](=O)[O-])c1. The lowest BCUT2D eigenvalue weighted by atomic mass is 10.2. The number of non-ortho nitro benzene ring substituents is 1. The average molecular weight is 562 g/mol. The number of rotatable bonds is 8. The van der Waals surface area contributed by atoms with Gasteiger partial charge in [-0.1, -0.05) is 42.5 Å². The molecule has 42 heavy (non-hydrogen) atoms. The second kappa shape index (κ2) is 10.8. The minimum absolute atomic E-state index is 0.0313. The van der Waals surface area contributed by atoms with Crippen LogP contribution in [0.4, 0.5) is 11.4 Å². The van der Waals surface area contributed by atoms with Gasteiger partial charge in [-0.25, -0.2) is 4.98 Å². The van der Waals surface area contributed by atoms with Gasteiger partial charge in [-0.2, -0.15) is 9.78 Å². The van der Waals surface area contributed by atoms with Crippen LogP contribution < -0.4 is 10.3 Å². The Kier molecular flexibility index (Phi) is 6.69. The van der Waals surface area contributed by atoms with Crippen LogP contribution in [0.25, 0.3) is 33.5 Å². The molecule has 0 radical (unpaired) electrons. The Bertz CT molecular complexity index is 2070. The summed E-state index contributed by atoms with van der Waals surface area (Å²) in [5, 5.41) is 28.4. The van der Waals surface area contributed by atoms with Gasteiger partial charge in [0.1, 0.15) is 12.2 Å². The van der Waals surface area contributed by atoms with Crippen LogP contribution in [0.15, 0.2) is 111 Å². The largest absolute Gasteiger partial charge is 0.482 e. The molecule has 206 valence electrons. The minimum atomic E-state index is -0.607. The number of furan rings is 1. The van der Waals surface area contributed by atoms with Crippen molar-refractivity contribution >= 4 is 39.5 Å². The number of hydrogen-bond acceptors (Lipinski definition) is 9. The molecule has 12 nitrogen and oxygen atoms in total. The highest BCUT2D eigenvalue weighted by Crippen LogP contribution is 2.30. The molecule has 0 aliphatic carbocycles. The summed E-state index contributed by atoms with van der Waals surface area (Å²) in [4.78, 5) is 39.8. The van der Waals surface area contributed by atoms with Crippen molar-refractivity contribution < 1.29 is 19.0 Å². The molecular weight excluding hydrogens is 542 g/mol. The van der Waals surface area contributed by atoms with Crippen molar-refractivity contribution in [3.8, 4) is 17.3 Å². The molecular formula is C30H19N5O7. The number of para-hydroxylation sites is 2. The normalized spacial score (nSPS) is 11.3.